The van der Waals surface area contributed by atoms with E-state index in [1.165, 1.54) is 25.3 Å². The number of phenols is 1. The molecule has 1 saturated heterocycles. The molecule has 1 aliphatic rings. The third-order valence-electron chi connectivity index (χ3n) is 4.31. The van der Waals surface area contributed by atoms with Crippen molar-refractivity contribution < 1.29 is 37.4 Å². The molecule has 0 spiro atoms. The summed E-state index contributed by atoms with van der Waals surface area (Å²) in [6, 6.07) is 5.61. The Morgan fingerprint density at radius 1 is 1.21 bits per heavy atom. The molecular weight excluding hydrogens is 597 g/mol. The molecule has 3 rings (SSSR count). The van der Waals surface area contributed by atoms with E-state index in [1.54, 1.807) is 0 Å². The predicted molar refractivity (Wildman–Crippen MR) is 123 cm³/mol. The minimum absolute atomic E-state index is 0.0196. The maximum absolute atomic E-state index is 13.0. The molecule has 0 aromatic heterocycles. The van der Waals surface area contributed by atoms with Crippen LogP contribution < -0.4 is 10.1 Å². The number of carbonyl (C=O) groups excluding carboxylic acids is 3. The fraction of sp³-hybridized carbons (Fsp3) is 0.150. The summed E-state index contributed by atoms with van der Waals surface area (Å²) < 4.78 is 44.6. The molecule has 0 atom stereocenters. The first-order valence-corrected chi connectivity index (χ1v) is 11.3. The van der Waals surface area contributed by atoms with E-state index in [4.69, 9.17) is 4.74 Å². The molecule has 0 unspecified atom stereocenters. The van der Waals surface area contributed by atoms with Crippen LogP contribution in [0.5, 0.6) is 11.5 Å². The second-order valence-electron chi connectivity index (χ2n) is 6.56. The van der Waals surface area contributed by atoms with Gasteiger partial charge in [-0.15, -0.1) is 0 Å². The van der Waals surface area contributed by atoms with Crippen molar-refractivity contribution in [2.75, 3.05) is 19.0 Å². The van der Waals surface area contributed by atoms with Crippen LogP contribution in [0, 0.1) is 0 Å². The Hall–Kier alpha value is -2.51. The first-order valence-electron chi connectivity index (χ1n) is 8.89. The quantitative estimate of drug-likeness (QED) is 0.427. The lowest BCUT2D eigenvalue weighted by Crippen LogP contribution is -2.36. The van der Waals surface area contributed by atoms with Crippen molar-refractivity contribution in [1.29, 1.82) is 0 Å². The number of benzene rings is 2. The van der Waals surface area contributed by atoms with Gasteiger partial charge in [0.25, 0.3) is 11.1 Å². The van der Waals surface area contributed by atoms with Gasteiger partial charge in [-0.3, -0.25) is 19.3 Å². The van der Waals surface area contributed by atoms with E-state index in [0.717, 1.165) is 12.1 Å². The van der Waals surface area contributed by atoms with Gasteiger partial charge in [-0.2, -0.15) is 13.2 Å². The minimum atomic E-state index is -4.64. The number of carbonyl (C=O) groups is 3. The number of rotatable bonds is 5. The maximum Gasteiger partial charge on any atom is 0.416 e. The number of amides is 3. The molecule has 1 heterocycles. The third kappa shape index (κ3) is 5.71. The van der Waals surface area contributed by atoms with Gasteiger partial charge in [0.15, 0.2) is 0 Å². The van der Waals surface area contributed by atoms with E-state index in [9.17, 15) is 32.7 Å². The summed E-state index contributed by atoms with van der Waals surface area (Å²) in [5.74, 6) is -1.68. The molecule has 0 saturated carbocycles. The summed E-state index contributed by atoms with van der Waals surface area (Å²) in [5, 5.41) is 11.3. The standard InChI is InChI=1S/C20H13Br2F3N2O5S/c1-32-14-3-2-10(20(23,24)25)7-13(14)26-16(28)8-27-18(30)15(33-19(27)31)6-9-4-11(21)17(29)12(22)5-9/h2-7,29H,8H2,1H3,(H,26,28)/b15-6-. The average Bonchev–Trinajstić information content (AvgIpc) is 2.98. The Bertz CT molecular complexity index is 1160. The van der Waals surface area contributed by atoms with Crippen molar-refractivity contribution in [2.45, 2.75) is 6.18 Å². The number of halogens is 5. The molecule has 3 amide bonds. The third-order valence-corrected chi connectivity index (χ3v) is 6.43. The Morgan fingerprint density at radius 3 is 2.42 bits per heavy atom. The number of hydrogen-bond acceptors (Lipinski definition) is 6. The van der Waals surface area contributed by atoms with Crippen LogP contribution in [0.25, 0.3) is 6.08 Å². The number of nitrogens with one attached hydrogen (secondary N) is 1. The molecule has 0 radical (unpaired) electrons. The van der Waals surface area contributed by atoms with E-state index >= 15 is 0 Å². The predicted octanol–water partition coefficient (Wildman–Crippen LogP) is 5.62. The van der Waals surface area contributed by atoms with Crippen LogP contribution in [0.2, 0.25) is 0 Å². The van der Waals surface area contributed by atoms with Gasteiger partial charge in [0.1, 0.15) is 18.0 Å². The highest BCUT2D eigenvalue weighted by atomic mass is 79.9. The molecule has 2 aromatic carbocycles. The molecular formula is C20H13Br2F3N2O5S. The van der Waals surface area contributed by atoms with Crippen LogP contribution in [0.4, 0.5) is 23.7 Å². The van der Waals surface area contributed by atoms with Gasteiger partial charge in [-0.05, 0) is 85.6 Å². The molecule has 13 heteroatoms. The number of nitrogens with zero attached hydrogens (tertiary/aromatic N) is 1. The van der Waals surface area contributed by atoms with Crippen LogP contribution in [-0.2, 0) is 15.8 Å². The van der Waals surface area contributed by atoms with Crippen molar-refractivity contribution in [3.63, 3.8) is 0 Å². The van der Waals surface area contributed by atoms with Gasteiger partial charge in [0.2, 0.25) is 5.91 Å². The number of thioether (sulfide) groups is 1. The van der Waals surface area contributed by atoms with Crippen molar-refractivity contribution in [3.05, 3.63) is 55.3 Å². The van der Waals surface area contributed by atoms with Gasteiger partial charge >= 0.3 is 6.18 Å². The number of phenolic OH excluding ortho intramolecular Hbond substituents is 1. The van der Waals surface area contributed by atoms with E-state index in [-0.39, 0.29) is 22.1 Å². The molecule has 174 valence electrons. The first kappa shape index (κ1) is 25.1. The zero-order chi connectivity index (χ0) is 24.5. The summed E-state index contributed by atoms with van der Waals surface area (Å²) in [6.07, 6.45) is -3.23. The Morgan fingerprint density at radius 2 is 1.85 bits per heavy atom. The number of aromatic hydroxyl groups is 1. The van der Waals surface area contributed by atoms with Gasteiger partial charge in [-0.1, -0.05) is 0 Å². The summed E-state index contributed by atoms with van der Waals surface area (Å²) in [4.78, 5) is 38.1. The average molecular weight is 610 g/mol. The smallest absolute Gasteiger partial charge is 0.416 e. The zero-order valence-electron chi connectivity index (χ0n) is 16.5. The molecule has 33 heavy (non-hydrogen) atoms. The van der Waals surface area contributed by atoms with Gasteiger partial charge < -0.3 is 15.2 Å². The number of anilines is 1. The highest BCUT2D eigenvalue weighted by Crippen LogP contribution is 2.37. The van der Waals surface area contributed by atoms with Gasteiger partial charge in [0.05, 0.1) is 32.2 Å². The summed E-state index contributed by atoms with van der Waals surface area (Å²) in [5.41, 5.74) is -0.757. The highest BCUT2D eigenvalue weighted by Gasteiger charge is 2.37. The number of imide groups is 1. The zero-order valence-corrected chi connectivity index (χ0v) is 20.5. The number of alkyl halides is 3. The van der Waals surface area contributed by atoms with E-state index in [0.29, 0.717) is 37.2 Å². The topological polar surface area (TPSA) is 95.9 Å². The fourth-order valence-electron chi connectivity index (χ4n) is 2.77. The lowest BCUT2D eigenvalue weighted by Gasteiger charge is -2.16. The van der Waals surface area contributed by atoms with Gasteiger partial charge in [-0.25, -0.2) is 0 Å². The SMILES string of the molecule is COc1ccc(C(F)(F)F)cc1NC(=O)CN1C(=O)S/C(=C\c2cc(Br)c(O)c(Br)c2)C1=O. The van der Waals surface area contributed by atoms with Crippen molar-refractivity contribution in [3.8, 4) is 11.5 Å². The van der Waals surface area contributed by atoms with E-state index in [2.05, 4.69) is 37.2 Å². The van der Waals surface area contributed by atoms with E-state index in [1.807, 2.05) is 0 Å². The van der Waals surface area contributed by atoms with Crippen LogP contribution >= 0.6 is 43.6 Å². The second-order valence-corrected chi connectivity index (χ2v) is 9.26. The van der Waals surface area contributed by atoms with Crippen LogP contribution in [-0.4, -0.2) is 40.7 Å². The van der Waals surface area contributed by atoms with Crippen LogP contribution in [0.3, 0.4) is 0 Å². The lowest BCUT2D eigenvalue weighted by atomic mass is 10.1. The van der Waals surface area contributed by atoms with Gasteiger partial charge in [0, 0.05) is 0 Å². The second kappa shape index (κ2) is 9.77. The summed E-state index contributed by atoms with van der Waals surface area (Å²) >= 11 is 6.94. The molecule has 7 nitrogen and oxygen atoms in total. The molecule has 1 fully saturated rings. The lowest BCUT2D eigenvalue weighted by molar-refractivity contribution is -0.137. The van der Waals surface area contributed by atoms with Crippen LogP contribution in [0.1, 0.15) is 11.1 Å². The summed E-state index contributed by atoms with van der Waals surface area (Å²) in [6.45, 7) is -0.704. The largest absolute Gasteiger partial charge is 0.506 e. The monoisotopic (exact) mass is 608 g/mol. The van der Waals surface area contributed by atoms with Crippen molar-refractivity contribution in [2.24, 2.45) is 0 Å². The van der Waals surface area contributed by atoms with Crippen LogP contribution in [0.15, 0.2) is 44.2 Å². The minimum Gasteiger partial charge on any atom is -0.506 e. The molecule has 0 bridgehead atoms. The highest BCUT2D eigenvalue weighted by molar-refractivity contribution is 9.11. The maximum atomic E-state index is 13.0. The fourth-order valence-corrected chi connectivity index (χ4v) is 4.83. The Balaban J connectivity index is 1.77. The number of methoxy groups -OCH3 is 1. The summed E-state index contributed by atoms with van der Waals surface area (Å²) in [7, 11) is 1.22. The molecule has 1 aliphatic heterocycles. The molecule has 2 N–H and O–H groups in total. The number of hydrogen-bond donors (Lipinski definition) is 2. The molecule has 2 aromatic rings. The molecule has 0 aliphatic carbocycles. The van der Waals surface area contributed by atoms with Crippen molar-refractivity contribution >= 4 is 72.4 Å². The first-order chi connectivity index (χ1) is 15.4. The normalized spacial score (nSPS) is 15.3. The van der Waals surface area contributed by atoms with E-state index < -0.39 is 35.3 Å². The Kier molecular flexibility index (Phi) is 7.44. The van der Waals surface area contributed by atoms with Crippen molar-refractivity contribution in [1.82, 2.24) is 4.90 Å². The number of ether oxygens (including phenoxy) is 1. The Labute approximate surface area is 206 Å².